The molecule has 0 aromatic heterocycles. The largest absolute Gasteiger partial charge is 0.380 e. The van der Waals surface area contributed by atoms with Crippen LogP contribution in [-0.2, 0) is 9.53 Å². The van der Waals surface area contributed by atoms with Crippen molar-refractivity contribution in [3.05, 3.63) is 0 Å². The molecule has 0 aromatic carbocycles. The molecule has 88 valence electrons. The highest BCUT2D eigenvalue weighted by molar-refractivity contribution is 5.75. The molecule has 4 heteroatoms. The average molecular weight is 214 g/mol. The van der Waals surface area contributed by atoms with Crippen LogP contribution in [0.3, 0.4) is 0 Å². The molecule has 1 saturated carbocycles. The van der Waals surface area contributed by atoms with Crippen LogP contribution in [0.25, 0.3) is 0 Å². The molecule has 1 rings (SSSR count). The van der Waals surface area contributed by atoms with E-state index in [0.29, 0.717) is 18.6 Å². The first-order chi connectivity index (χ1) is 7.27. The molecule has 0 aliphatic heterocycles. The molecule has 1 aliphatic carbocycles. The Labute approximate surface area is 91.8 Å². The van der Waals surface area contributed by atoms with Crippen LogP contribution < -0.4 is 10.6 Å². The first kappa shape index (κ1) is 12.5. The Morgan fingerprint density at radius 1 is 1.40 bits per heavy atom. The lowest BCUT2D eigenvalue weighted by molar-refractivity contribution is -0.120. The number of hydrogen-bond donors (Lipinski definition) is 2. The maximum absolute atomic E-state index is 11.0. The van der Waals surface area contributed by atoms with Gasteiger partial charge in [-0.1, -0.05) is 12.8 Å². The summed E-state index contributed by atoms with van der Waals surface area (Å²) in [6, 6.07) is 0.424. The molecule has 4 nitrogen and oxygen atoms in total. The third-order valence-electron chi connectivity index (χ3n) is 3.04. The summed E-state index contributed by atoms with van der Waals surface area (Å²) >= 11 is 0. The zero-order valence-corrected chi connectivity index (χ0v) is 9.71. The standard InChI is InChI=1S/C11H22N2O2/c1-12-11(14)7-8-13-9-5-3-4-6-10(9)15-2/h9-10,13H,3-8H2,1-2H3,(H,12,14). The Morgan fingerprint density at radius 2 is 2.13 bits per heavy atom. The number of ether oxygens (including phenoxy) is 1. The number of hydrogen-bond acceptors (Lipinski definition) is 3. The van der Waals surface area contributed by atoms with Crippen LogP contribution in [0, 0.1) is 0 Å². The van der Waals surface area contributed by atoms with E-state index in [4.69, 9.17) is 4.74 Å². The van der Waals surface area contributed by atoms with E-state index in [0.717, 1.165) is 19.4 Å². The van der Waals surface area contributed by atoms with Crippen molar-refractivity contribution in [3.8, 4) is 0 Å². The maximum Gasteiger partial charge on any atom is 0.221 e. The van der Waals surface area contributed by atoms with Crippen molar-refractivity contribution in [2.75, 3.05) is 20.7 Å². The van der Waals surface area contributed by atoms with Crippen LogP contribution in [0.1, 0.15) is 32.1 Å². The Hall–Kier alpha value is -0.610. The summed E-state index contributed by atoms with van der Waals surface area (Å²) < 4.78 is 5.42. The number of rotatable bonds is 5. The fourth-order valence-corrected chi connectivity index (χ4v) is 2.11. The third kappa shape index (κ3) is 4.18. The van der Waals surface area contributed by atoms with Crippen molar-refractivity contribution in [2.45, 2.75) is 44.2 Å². The molecule has 2 N–H and O–H groups in total. The normalized spacial score (nSPS) is 26.3. The third-order valence-corrected chi connectivity index (χ3v) is 3.04. The molecule has 0 bridgehead atoms. The topological polar surface area (TPSA) is 50.4 Å². The van der Waals surface area contributed by atoms with Crippen LogP contribution in [0.15, 0.2) is 0 Å². The number of methoxy groups -OCH3 is 1. The monoisotopic (exact) mass is 214 g/mol. The van der Waals surface area contributed by atoms with E-state index in [1.165, 1.54) is 12.8 Å². The van der Waals surface area contributed by atoms with Gasteiger partial charge in [0, 0.05) is 33.2 Å². The van der Waals surface area contributed by atoms with Crippen molar-refractivity contribution in [2.24, 2.45) is 0 Å². The first-order valence-corrected chi connectivity index (χ1v) is 5.74. The minimum absolute atomic E-state index is 0.0901. The summed E-state index contributed by atoms with van der Waals surface area (Å²) in [4.78, 5) is 11.0. The fourth-order valence-electron chi connectivity index (χ4n) is 2.11. The molecule has 0 saturated heterocycles. The number of carbonyl (C=O) groups is 1. The lowest BCUT2D eigenvalue weighted by Crippen LogP contribution is -2.44. The number of nitrogens with one attached hydrogen (secondary N) is 2. The van der Waals surface area contributed by atoms with Gasteiger partial charge < -0.3 is 15.4 Å². The van der Waals surface area contributed by atoms with Crippen LogP contribution in [0.5, 0.6) is 0 Å². The van der Waals surface area contributed by atoms with Crippen LogP contribution in [0.2, 0.25) is 0 Å². The lowest BCUT2D eigenvalue weighted by atomic mass is 9.92. The highest BCUT2D eigenvalue weighted by atomic mass is 16.5. The van der Waals surface area contributed by atoms with Crippen molar-refractivity contribution in [1.82, 2.24) is 10.6 Å². The molecule has 1 aliphatic rings. The van der Waals surface area contributed by atoms with Crippen LogP contribution >= 0.6 is 0 Å². The molecule has 0 radical (unpaired) electrons. The van der Waals surface area contributed by atoms with Gasteiger partial charge in [0.25, 0.3) is 0 Å². The molecule has 1 fully saturated rings. The molecule has 15 heavy (non-hydrogen) atoms. The van der Waals surface area contributed by atoms with Gasteiger partial charge in [0.2, 0.25) is 5.91 Å². The van der Waals surface area contributed by atoms with E-state index >= 15 is 0 Å². The molecular weight excluding hydrogens is 192 g/mol. The number of carbonyl (C=O) groups excluding carboxylic acids is 1. The van der Waals surface area contributed by atoms with E-state index < -0.39 is 0 Å². The van der Waals surface area contributed by atoms with Gasteiger partial charge in [-0.2, -0.15) is 0 Å². The summed E-state index contributed by atoms with van der Waals surface area (Å²) in [6.45, 7) is 0.740. The average Bonchev–Trinajstić information content (AvgIpc) is 2.29. The smallest absolute Gasteiger partial charge is 0.221 e. The minimum atomic E-state index is 0.0901. The first-order valence-electron chi connectivity index (χ1n) is 5.74. The Bertz CT molecular complexity index is 197. The quantitative estimate of drug-likeness (QED) is 0.707. The van der Waals surface area contributed by atoms with Crippen molar-refractivity contribution in [3.63, 3.8) is 0 Å². The molecule has 0 heterocycles. The lowest BCUT2D eigenvalue weighted by Gasteiger charge is -2.31. The summed E-state index contributed by atoms with van der Waals surface area (Å²) in [6.07, 6.45) is 5.68. The van der Waals surface area contributed by atoms with Gasteiger partial charge >= 0.3 is 0 Å². The predicted octanol–water partition coefficient (Wildman–Crippen LogP) is 0.670. The molecule has 0 aromatic rings. The Morgan fingerprint density at radius 3 is 2.80 bits per heavy atom. The second kappa shape index (κ2) is 6.80. The molecule has 1 amide bonds. The van der Waals surface area contributed by atoms with Gasteiger partial charge in [0.15, 0.2) is 0 Å². The molecule has 0 spiro atoms. The Kier molecular flexibility index (Phi) is 5.65. The van der Waals surface area contributed by atoms with E-state index in [1.807, 2.05) is 0 Å². The highest BCUT2D eigenvalue weighted by Crippen LogP contribution is 2.20. The predicted molar refractivity (Wildman–Crippen MR) is 59.7 cm³/mol. The molecule has 2 unspecified atom stereocenters. The van der Waals surface area contributed by atoms with Crippen molar-refractivity contribution < 1.29 is 9.53 Å². The van der Waals surface area contributed by atoms with Crippen molar-refractivity contribution >= 4 is 5.91 Å². The zero-order chi connectivity index (χ0) is 11.1. The number of amides is 1. The molecule has 2 atom stereocenters. The van der Waals surface area contributed by atoms with Crippen molar-refractivity contribution in [1.29, 1.82) is 0 Å². The van der Waals surface area contributed by atoms with E-state index in [1.54, 1.807) is 14.2 Å². The van der Waals surface area contributed by atoms with E-state index in [9.17, 15) is 4.79 Å². The summed E-state index contributed by atoms with van der Waals surface area (Å²) in [5, 5.41) is 6.02. The van der Waals surface area contributed by atoms with Gasteiger partial charge in [-0.15, -0.1) is 0 Å². The highest BCUT2D eigenvalue weighted by Gasteiger charge is 2.23. The second-order valence-electron chi connectivity index (χ2n) is 4.04. The zero-order valence-electron chi connectivity index (χ0n) is 9.71. The Balaban J connectivity index is 2.20. The summed E-state index contributed by atoms with van der Waals surface area (Å²) in [7, 11) is 3.43. The van der Waals surface area contributed by atoms with E-state index in [2.05, 4.69) is 10.6 Å². The summed E-state index contributed by atoms with van der Waals surface area (Å²) in [5.41, 5.74) is 0. The van der Waals surface area contributed by atoms with E-state index in [-0.39, 0.29) is 5.91 Å². The second-order valence-corrected chi connectivity index (χ2v) is 4.04. The fraction of sp³-hybridized carbons (Fsp3) is 0.909. The van der Waals surface area contributed by atoms with Gasteiger partial charge in [0.1, 0.15) is 0 Å². The van der Waals surface area contributed by atoms with Crippen LogP contribution in [-0.4, -0.2) is 38.8 Å². The van der Waals surface area contributed by atoms with Gasteiger partial charge in [-0.25, -0.2) is 0 Å². The van der Waals surface area contributed by atoms with Gasteiger partial charge in [-0.3, -0.25) is 4.79 Å². The maximum atomic E-state index is 11.0. The van der Waals surface area contributed by atoms with Crippen LogP contribution in [0.4, 0.5) is 0 Å². The van der Waals surface area contributed by atoms with Gasteiger partial charge in [-0.05, 0) is 12.8 Å². The van der Waals surface area contributed by atoms with Gasteiger partial charge in [0.05, 0.1) is 6.10 Å². The minimum Gasteiger partial charge on any atom is -0.380 e. The SMILES string of the molecule is CNC(=O)CCNC1CCCCC1OC. The molecular formula is C11H22N2O2. The summed E-state index contributed by atoms with van der Waals surface area (Å²) in [5.74, 6) is 0.0901.